The molecule has 94 valence electrons. The van der Waals surface area contributed by atoms with E-state index in [1.807, 2.05) is 42.7 Å². The second kappa shape index (κ2) is 5.36. The Balaban J connectivity index is 1.91. The predicted molar refractivity (Wildman–Crippen MR) is 81.0 cm³/mol. The van der Waals surface area contributed by atoms with Crippen LogP contribution >= 0.6 is 15.9 Å². The van der Waals surface area contributed by atoms with Crippen LogP contribution in [0.25, 0.3) is 10.8 Å². The van der Waals surface area contributed by atoms with E-state index in [4.69, 9.17) is 0 Å². The second-order valence-electron chi connectivity index (χ2n) is 4.21. The van der Waals surface area contributed by atoms with Gasteiger partial charge in [-0.05, 0) is 23.8 Å². The van der Waals surface area contributed by atoms with Crippen LogP contribution in [0.5, 0.6) is 0 Å². The van der Waals surface area contributed by atoms with Crippen molar-refractivity contribution in [3.63, 3.8) is 0 Å². The molecule has 0 aliphatic rings. The summed E-state index contributed by atoms with van der Waals surface area (Å²) in [5.74, 6) is 0.891. The number of nitrogens with zero attached hydrogens (tertiary/aromatic N) is 2. The molecular formula is C15H12BrN3. The Labute approximate surface area is 119 Å². The minimum atomic E-state index is 0.715. The first-order valence-electron chi connectivity index (χ1n) is 6.00. The summed E-state index contributed by atoms with van der Waals surface area (Å²) >= 11 is 3.56. The zero-order chi connectivity index (χ0) is 13.1. The van der Waals surface area contributed by atoms with E-state index in [0.29, 0.717) is 6.54 Å². The van der Waals surface area contributed by atoms with E-state index in [-0.39, 0.29) is 0 Å². The van der Waals surface area contributed by atoms with Gasteiger partial charge in [0.2, 0.25) is 0 Å². The summed E-state index contributed by atoms with van der Waals surface area (Å²) in [4.78, 5) is 8.52. The Hall–Kier alpha value is -1.94. The van der Waals surface area contributed by atoms with Gasteiger partial charge in [0.25, 0.3) is 0 Å². The Morgan fingerprint density at radius 1 is 1.00 bits per heavy atom. The summed E-state index contributed by atoms with van der Waals surface area (Å²) in [7, 11) is 0. The van der Waals surface area contributed by atoms with Gasteiger partial charge in [0.1, 0.15) is 5.82 Å². The van der Waals surface area contributed by atoms with Crippen molar-refractivity contribution in [2.75, 3.05) is 5.32 Å². The summed E-state index contributed by atoms with van der Waals surface area (Å²) in [5.41, 5.74) is 1.14. The summed E-state index contributed by atoms with van der Waals surface area (Å²) in [6.07, 6.45) is 5.45. The van der Waals surface area contributed by atoms with Crippen LogP contribution < -0.4 is 5.32 Å². The first kappa shape index (κ1) is 12.1. The molecule has 3 aromatic rings. The molecule has 0 aliphatic carbocycles. The van der Waals surface area contributed by atoms with Gasteiger partial charge in [-0.25, -0.2) is 4.98 Å². The topological polar surface area (TPSA) is 37.8 Å². The third-order valence-corrected chi connectivity index (χ3v) is 3.63. The van der Waals surface area contributed by atoms with E-state index in [1.54, 1.807) is 6.20 Å². The van der Waals surface area contributed by atoms with Gasteiger partial charge >= 0.3 is 0 Å². The Kier molecular flexibility index (Phi) is 3.42. The molecule has 0 spiro atoms. The monoisotopic (exact) mass is 313 g/mol. The standard InChI is InChI=1S/C15H12BrN3/c16-14-5-1-4-13-12(14)6-8-18-15(13)19-10-11-3-2-7-17-9-11/h1-9H,10H2,(H,18,19). The molecule has 2 heterocycles. The number of anilines is 1. The van der Waals surface area contributed by atoms with Crippen molar-refractivity contribution in [3.8, 4) is 0 Å². The molecule has 1 aromatic carbocycles. The largest absolute Gasteiger partial charge is 0.365 e. The van der Waals surface area contributed by atoms with Gasteiger partial charge < -0.3 is 5.32 Å². The van der Waals surface area contributed by atoms with Crippen molar-refractivity contribution >= 4 is 32.5 Å². The van der Waals surface area contributed by atoms with Crippen molar-refractivity contribution in [3.05, 3.63) is 65.0 Å². The fourth-order valence-electron chi connectivity index (χ4n) is 2.00. The van der Waals surface area contributed by atoms with Crippen molar-refractivity contribution in [2.24, 2.45) is 0 Å². The fraction of sp³-hybridized carbons (Fsp3) is 0.0667. The summed E-state index contributed by atoms with van der Waals surface area (Å²) in [5, 5.41) is 5.63. The summed E-state index contributed by atoms with van der Waals surface area (Å²) in [6, 6.07) is 12.1. The highest BCUT2D eigenvalue weighted by Crippen LogP contribution is 2.27. The molecule has 3 nitrogen and oxygen atoms in total. The minimum Gasteiger partial charge on any atom is -0.365 e. The molecule has 0 saturated heterocycles. The number of aromatic nitrogens is 2. The zero-order valence-electron chi connectivity index (χ0n) is 10.2. The summed E-state index contributed by atoms with van der Waals surface area (Å²) in [6.45, 7) is 0.715. The van der Waals surface area contributed by atoms with Gasteiger partial charge in [0.05, 0.1) is 0 Å². The van der Waals surface area contributed by atoms with Crippen LogP contribution in [-0.4, -0.2) is 9.97 Å². The molecule has 0 bridgehead atoms. The number of pyridine rings is 2. The van der Waals surface area contributed by atoms with Crippen LogP contribution in [0.3, 0.4) is 0 Å². The molecule has 0 fully saturated rings. The maximum atomic E-state index is 4.41. The molecule has 4 heteroatoms. The van der Waals surface area contributed by atoms with Gasteiger partial charge in [-0.1, -0.05) is 34.1 Å². The molecule has 0 aliphatic heterocycles. The van der Waals surface area contributed by atoms with E-state index < -0.39 is 0 Å². The maximum absolute atomic E-state index is 4.41. The quantitative estimate of drug-likeness (QED) is 0.794. The SMILES string of the molecule is Brc1cccc2c(NCc3cccnc3)nccc12. The van der Waals surface area contributed by atoms with Gasteiger partial charge in [-0.3, -0.25) is 4.98 Å². The number of nitrogens with one attached hydrogen (secondary N) is 1. The van der Waals surface area contributed by atoms with E-state index in [1.165, 1.54) is 0 Å². The Bertz CT molecular complexity index is 698. The lowest BCUT2D eigenvalue weighted by Gasteiger charge is -2.09. The van der Waals surface area contributed by atoms with Crippen molar-refractivity contribution in [1.29, 1.82) is 0 Å². The van der Waals surface area contributed by atoms with Crippen LogP contribution in [0.2, 0.25) is 0 Å². The lowest BCUT2D eigenvalue weighted by Crippen LogP contribution is -2.02. The fourth-order valence-corrected chi connectivity index (χ4v) is 2.50. The molecule has 0 amide bonds. The van der Waals surface area contributed by atoms with Crippen LogP contribution in [0.15, 0.2) is 59.5 Å². The number of fused-ring (bicyclic) bond motifs is 1. The van der Waals surface area contributed by atoms with E-state index in [0.717, 1.165) is 26.6 Å². The third-order valence-electron chi connectivity index (χ3n) is 2.94. The zero-order valence-corrected chi connectivity index (χ0v) is 11.8. The molecule has 0 unspecified atom stereocenters. The molecule has 19 heavy (non-hydrogen) atoms. The molecular weight excluding hydrogens is 302 g/mol. The molecule has 1 N–H and O–H groups in total. The molecule has 0 saturated carbocycles. The van der Waals surface area contributed by atoms with Crippen molar-refractivity contribution in [2.45, 2.75) is 6.54 Å². The van der Waals surface area contributed by atoms with Crippen LogP contribution in [0, 0.1) is 0 Å². The van der Waals surface area contributed by atoms with Crippen molar-refractivity contribution < 1.29 is 0 Å². The predicted octanol–water partition coefficient (Wildman–Crippen LogP) is 4.00. The number of benzene rings is 1. The van der Waals surface area contributed by atoms with E-state index >= 15 is 0 Å². The number of hydrogen-bond donors (Lipinski definition) is 1. The van der Waals surface area contributed by atoms with Crippen molar-refractivity contribution in [1.82, 2.24) is 9.97 Å². The van der Waals surface area contributed by atoms with E-state index in [2.05, 4.69) is 37.3 Å². The number of rotatable bonds is 3. The van der Waals surface area contributed by atoms with Crippen LogP contribution in [-0.2, 0) is 6.54 Å². The third kappa shape index (κ3) is 2.58. The highest BCUT2D eigenvalue weighted by Gasteiger charge is 2.04. The molecule has 3 rings (SSSR count). The second-order valence-corrected chi connectivity index (χ2v) is 5.06. The average molecular weight is 314 g/mol. The maximum Gasteiger partial charge on any atom is 0.134 e. The van der Waals surface area contributed by atoms with Gasteiger partial charge in [0.15, 0.2) is 0 Å². The van der Waals surface area contributed by atoms with E-state index in [9.17, 15) is 0 Å². The minimum absolute atomic E-state index is 0.715. The van der Waals surface area contributed by atoms with Crippen LogP contribution in [0.4, 0.5) is 5.82 Å². The van der Waals surface area contributed by atoms with Gasteiger partial charge in [-0.15, -0.1) is 0 Å². The highest BCUT2D eigenvalue weighted by atomic mass is 79.9. The first-order chi connectivity index (χ1) is 9.34. The van der Waals surface area contributed by atoms with Gasteiger partial charge in [0, 0.05) is 40.4 Å². The highest BCUT2D eigenvalue weighted by molar-refractivity contribution is 9.10. The molecule has 0 radical (unpaired) electrons. The molecule has 0 atom stereocenters. The summed E-state index contributed by atoms with van der Waals surface area (Å²) < 4.78 is 1.08. The Morgan fingerprint density at radius 2 is 1.95 bits per heavy atom. The average Bonchev–Trinajstić information content (AvgIpc) is 2.47. The number of hydrogen-bond acceptors (Lipinski definition) is 3. The number of halogens is 1. The lowest BCUT2D eigenvalue weighted by atomic mass is 10.1. The lowest BCUT2D eigenvalue weighted by molar-refractivity contribution is 1.09. The van der Waals surface area contributed by atoms with Gasteiger partial charge in [-0.2, -0.15) is 0 Å². The molecule has 2 aromatic heterocycles. The first-order valence-corrected chi connectivity index (χ1v) is 6.80. The van der Waals surface area contributed by atoms with Crippen LogP contribution in [0.1, 0.15) is 5.56 Å². The normalized spacial score (nSPS) is 10.6. The smallest absolute Gasteiger partial charge is 0.134 e. The Morgan fingerprint density at radius 3 is 2.79 bits per heavy atom.